The zero-order valence-electron chi connectivity index (χ0n) is 22.6. The van der Waals surface area contributed by atoms with Gasteiger partial charge in [0.2, 0.25) is 0 Å². The number of benzene rings is 3. The first kappa shape index (κ1) is 25.1. The number of carbonyl (C=O) groups is 1. The van der Waals surface area contributed by atoms with Gasteiger partial charge in [-0.1, -0.05) is 48.0 Å². The topological polar surface area (TPSA) is 55.1 Å². The summed E-state index contributed by atoms with van der Waals surface area (Å²) in [6.45, 7) is 6.53. The monoisotopic (exact) mass is 533 g/mol. The van der Waals surface area contributed by atoms with Crippen LogP contribution in [0.2, 0.25) is 0 Å². The zero-order valence-corrected chi connectivity index (χ0v) is 23.4. The fourth-order valence-corrected chi connectivity index (χ4v) is 5.84. The lowest BCUT2D eigenvalue weighted by Crippen LogP contribution is -2.38. The molecule has 2 amide bonds. The number of thioether (sulfide) groups is 1. The van der Waals surface area contributed by atoms with Gasteiger partial charge in [-0.2, -0.15) is 5.10 Å². The third-order valence-corrected chi connectivity index (χ3v) is 8.15. The molecule has 3 heterocycles. The van der Waals surface area contributed by atoms with E-state index < -0.39 is 0 Å². The lowest BCUT2D eigenvalue weighted by Gasteiger charge is -2.31. The highest BCUT2D eigenvalue weighted by Gasteiger charge is 2.36. The number of anilines is 1. The minimum atomic E-state index is -0.294. The molecule has 1 aliphatic heterocycles. The number of aromatic nitrogens is 3. The fourth-order valence-electron chi connectivity index (χ4n) is 5.43. The molecule has 1 aliphatic rings. The molecule has 0 fully saturated rings. The van der Waals surface area contributed by atoms with E-state index in [4.69, 9.17) is 5.10 Å². The second kappa shape index (κ2) is 10.2. The summed E-state index contributed by atoms with van der Waals surface area (Å²) < 4.78 is 4.19. The van der Waals surface area contributed by atoms with E-state index in [1.165, 1.54) is 10.5 Å². The molecule has 5 aromatic rings. The van der Waals surface area contributed by atoms with Crippen LogP contribution in [0.5, 0.6) is 0 Å². The van der Waals surface area contributed by atoms with Crippen molar-refractivity contribution < 1.29 is 4.79 Å². The Kier molecular flexibility index (Phi) is 6.53. The Morgan fingerprint density at radius 2 is 1.72 bits per heavy atom. The number of amides is 2. The highest BCUT2D eigenvalue weighted by Crippen LogP contribution is 2.39. The van der Waals surface area contributed by atoms with Crippen LogP contribution in [0.25, 0.3) is 11.5 Å². The Labute approximate surface area is 233 Å². The van der Waals surface area contributed by atoms with Gasteiger partial charge in [0.1, 0.15) is 5.82 Å². The molecule has 1 atom stereocenters. The van der Waals surface area contributed by atoms with Crippen LogP contribution in [0.4, 0.5) is 10.5 Å². The number of hydrogen-bond acceptors (Lipinski definition) is 3. The summed E-state index contributed by atoms with van der Waals surface area (Å²) in [4.78, 5) is 17.3. The Hall–Kier alpha value is -4.23. The van der Waals surface area contributed by atoms with E-state index in [9.17, 15) is 4.79 Å². The molecule has 3 aromatic carbocycles. The molecular formula is C32H31N5OS. The molecule has 39 heavy (non-hydrogen) atoms. The number of aryl methyl sites for hydroxylation is 3. The molecule has 0 spiro atoms. The van der Waals surface area contributed by atoms with E-state index in [-0.39, 0.29) is 12.1 Å². The van der Waals surface area contributed by atoms with Crippen molar-refractivity contribution in [3.05, 3.63) is 125 Å². The van der Waals surface area contributed by atoms with Crippen molar-refractivity contribution >= 4 is 23.5 Å². The first-order valence-electron chi connectivity index (χ1n) is 13.0. The van der Waals surface area contributed by atoms with Crippen LogP contribution >= 0.6 is 11.8 Å². The fraction of sp³-hybridized carbons (Fsp3) is 0.188. The first-order chi connectivity index (χ1) is 18.9. The van der Waals surface area contributed by atoms with Crippen molar-refractivity contribution in [1.29, 1.82) is 0 Å². The average Bonchev–Trinajstić information content (AvgIpc) is 3.51. The van der Waals surface area contributed by atoms with Crippen molar-refractivity contribution in [3.8, 4) is 11.5 Å². The molecular weight excluding hydrogens is 502 g/mol. The van der Waals surface area contributed by atoms with Crippen LogP contribution in [0, 0.1) is 20.8 Å². The van der Waals surface area contributed by atoms with Gasteiger partial charge in [0, 0.05) is 22.3 Å². The largest absolute Gasteiger partial charge is 0.322 e. The van der Waals surface area contributed by atoms with Crippen LogP contribution in [0.1, 0.15) is 39.7 Å². The van der Waals surface area contributed by atoms with Gasteiger partial charge in [0.05, 0.1) is 29.7 Å². The number of carbonyl (C=O) groups excluding carboxylic acids is 1. The summed E-state index contributed by atoms with van der Waals surface area (Å²) >= 11 is 1.71. The van der Waals surface area contributed by atoms with Crippen molar-refractivity contribution in [1.82, 2.24) is 19.2 Å². The minimum Gasteiger partial charge on any atom is -0.308 e. The SMILES string of the molecule is CSc1ccc(C2c3cccn3-c3c(c(C)nn3-c3ccccc3)CN2C(=O)Nc2ccc(C)cc2C)cc1. The Bertz CT molecular complexity index is 1650. The number of rotatable bonds is 4. The highest BCUT2D eigenvalue weighted by molar-refractivity contribution is 7.98. The number of nitrogens with one attached hydrogen (secondary N) is 1. The number of para-hydroxylation sites is 1. The van der Waals surface area contributed by atoms with Crippen LogP contribution in [0.3, 0.4) is 0 Å². The van der Waals surface area contributed by atoms with E-state index >= 15 is 0 Å². The summed E-state index contributed by atoms with van der Waals surface area (Å²) in [5.41, 5.74) is 8.00. The molecule has 7 heteroatoms. The van der Waals surface area contributed by atoms with Crippen LogP contribution in [-0.4, -0.2) is 31.5 Å². The van der Waals surface area contributed by atoms with Crippen molar-refractivity contribution in [2.45, 2.75) is 38.3 Å². The van der Waals surface area contributed by atoms with Gasteiger partial charge in [-0.05, 0) is 80.6 Å². The van der Waals surface area contributed by atoms with Crippen LogP contribution in [0.15, 0.2) is 96.0 Å². The van der Waals surface area contributed by atoms with Crippen molar-refractivity contribution in [2.75, 3.05) is 11.6 Å². The third-order valence-electron chi connectivity index (χ3n) is 7.40. The molecule has 196 valence electrons. The molecule has 2 aromatic heterocycles. The Morgan fingerprint density at radius 1 is 0.949 bits per heavy atom. The van der Waals surface area contributed by atoms with E-state index in [1.54, 1.807) is 11.8 Å². The van der Waals surface area contributed by atoms with Crippen molar-refractivity contribution in [3.63, 3.8) is 0 Å². The maximum atomic E-state index is 14.2. The van der Waals surface area contributed by atoms with Crippen LogP contribution in [-0.2, 0) is 6.54 Å². The Morgan fingerprint density at radius 3 is 2.44 bits per heavy atom. The summed E-state index contributed by atoms with van der Waals surface area (Å²) in [5.74, 6) is 0.964. The normalized spacial score (nSPS) is 14.5. The second-order valence-corrected chi connectivity index (χ2v) is 10.9. The molecule has 0 bridgehead atoms. The molecule has 6 nitrogen and oxygen atoms in total. The molecule has 0 saturated heterocycles. The molecule has 0 aliphatic carbocycles. The van der Waals surface area contributed by atoms with Crippen molar-refractivity contribution in [2.24, 2.45) is 0 Å². The van der Waals surface area contributed by atoms with E-state index in [1.807, 2.05) is 59.8 Å². The maximum absolute atomic E-state index is 14.2. The van der Waals surface area contributed by atoms with Gasteiger partial charge >= 0.3 is 6.03 Å². The van der Waals surface area contributed by atoms with E-state index in [0.717, 1.165) is 45.3 Å². The summed E-state index contributed by atoms with van der Waals surface area (Å²) in [6, 6.07) is 28.5. The van der Waals surface area contributed by atoms with Crippen LogP contribution < -0.4 is 5.32 Å². The highest BCUT2D eigenvalue weighted by atomic mass is 32.2. The molecule has 0 radical (unpaired) electrons. The lowest BCUT2D eigenvalue weighted by molar-refractivity contribution is 0.194. The van der Waals surface area contributed by atoms with Gasteiger partial charge in [-0.15, -0.1) is 11.8 Å². The predicted molar refractivity (Wildman–Crippen MR) is 158 cm³/mol. The number of urea groups is 1. The standard InChI is InChI=1S/C32H31N5OS/c1-21-12-17-28(22(2)19-21)33-32(38)36-20-27-23(3)34-37(25-9-6-5-7-10-25)31(27)35-18-8-11-29(35)30(36)24-13-15-26(39-4)16-14-24/h5-19,30H,20H2,1-4H3,(H,33,38). The van der Waals surface area contributed by atoms with Gasteiger partial charge in [0.25, 0.3) is 0 Å². The van der Waals surface area contributed by atoms with E-state index in [0.29, 0.717) is 6.54 Å². The summed E-state index contributed by atoms with van der Waals surface area (Å²) in [5, 5.41) is 8.15. The predicted octanol–water partition coefficient (Wildman–Crippen LogP) is 7.45. The molecule has 1 unspecified atom stereocenters. The average molecular weight is 534 g/mol. The maximum Gasteiger partial charge on any atom is 0.322 e. The van der Waals surface area contributed by atoms with Gasteiger partial charge in [-0.25, -0.2) is 9.48 Å². The second-order valence-electron chi connectivity index (χ2n) is 9.99. The van der Waals surface area contributed by atoms with Gasteiger partial charge in [0.15, 0.2) is 0 Å². The number of fused-ring (bicyclic) bond motifs is 3. The minimum absolute atomic E-state index is 0.145. The smallest absolute Gasteiger partial charge is 0.308 e. The zero-order chi connectivity index (χ0) is 27.1. The number of hydrogen-bond donors (Lipinski definition) is 1. The quantitative estimate of drug-likeness (QED) is 0.244. The van der Waals surface area contributed by atoms with Gasteiger partial charge in [-0.3, -0.25) is 0 Å². The third kappa shape index (κ3) is 4.53. The lowest BCUT2D eigenvalue weighted by atomic mass is 10.0. The summed E-state index contributed by atoms with van der Waals surface area (Å²) in [6.07, 6.45) is 4.15. The Balaban J connectivity index is 1.52. The molecule has 6 rings (SSSR count). The summed E-state index contributed by atoms with van der Waals surface area (Å²) in [7, 11) is 0. The molecule has 0 saturated carbocycles. The van der Waals surface area contributed by atoms with Gasteiger partial charge < -0.3 is 14.8 Å². The first-order valence-corrected chi connectivity index (χ1v) is 14.3. The van der Waals surface area contributed by atoms with E-state index in [2.05, 4.69) is 77.8 Å². The molecule has 1 N–H and O–H groups in total. The number of nitrogens with zero attached hydrogens (tertiary/aromatic N) is 4.